The lowest BCUT2D eigenvalue weighted by Gasteiger charge is -2.18. The van der Waals surface area contributed by atoms with Crippen LogP contribution < -0.4 is 0 Å². The molecule has 1 atom stereocenters. The lowest BCUT2D eigenvalue weighted by Crippen LogP contribution is -2.30. The van der Waals surface area contributed by atoms with Crippen LogP contribution in [-0.2, 0) is 28.6 Å². The first-order valence-corrected chi connectivity index (χ1v) is 29.1. The lowest BCUT2D eigenvalue weighted by atomic mass is 10.1. The number of unbranched alkanes of at least 4 members (excludes halogenated alkanes) is 34. The van der Waals surface area contributed by atoms with Crippen LogP contribution in [-0.4, -0.2) is 37.2 Å². The molecular weight excluding hydrogens is 829 g/mol. The van der Waals surface area contributed by atoms with Crippen molar-refractivity contribution in [2.24, 2.45) is 0 Å². The first kappa shape index (κ1) is 64.4. The standard InChI is InChI=1S/C61H110O6/c1-4-7-10-13-16-19-22-25-28-30-31-34-36-39-42-45-48-51-54-60(63)66-57-58(56-65-59(62)53-50-47-44-41-38-35-32-27-24-21-18-15-12-9-6-3)67-61(64)55-52-49-46-43-40-37-33-29-26-23-20-17-14-11-8-5-2/h20,23,27-30,32-33,58H,4-19,21-22,24-26,31,34-57H2,1-3H3/b23-20-,30-28-,32-27-,33-29-. The van der Waals surface area contributed by atoms with E-state index in [9.17, 15) is 14.4 Å². The predicted molar refractivity (Wildman–Crippen MR) is 289 cm³/mol. The molecular formula is C61H110O6. The van der Waals surface area contributed by atoms with E-state index in [4.69, 9.17) is 14.2 Å². The van der Waals surface area contributed by atoms with Crippen molar-refractivity contribution in [1.82, 2.24) is 0 Å². The van der Waals surface area contributed by atoms with E-state index in [1.54, 1.807) is 0 Å². The molecule has 0 fully saturated rings. The molecule has 0 N–H and O–H groups in total. The maximum atomic E-state index is 12.8. The highest BCUT2D eigenvalue weighted by molar-refractivity contribution is 5.71. The second kappa shape index (κ2) is 56.0. The molecule has 0 rings (SSSR count). The molecule has 0 saturated heterocycles. The molecule has 0 radical (unpaired) electrons. The van der Waals surface area contributed by atoms with Crippen molar-refractivity contribution >= 4 is 17.9 Å². The van der Waals surface area contributed by atoms with E-state index in [1.807, 2.05) is 0 Å². The van der Waals surface area contributed by atoms with E-state index < -0.39 is 6.10 Å². The molecule has 0 aliphatic carbocycles. The van der Waals surface area contributed by atoms with Crippen LogP contribution in [0.15, 0.2) is 48.6 Å². The molecule has 0 aliphatic rings. The van der Waals surface area contributed by atoms with Crippen molar-refractivity contribution in [2.45, 2.75) is 309 Å². The van der Waals surface area contributed by atoms with Gasteiger partial charge in [0.25, 0.3) is 0 Å². The summed E-state index contributed by atoms with van der Waals surface area (Å²) in [5.41, 5.74) is 0. The summed E-state index contributed by atoms with van der Waals surface area (Å²) in [6.45, 7) is 6.62. The molecule has 390 valence electrons. The summed E-state index contributed by atoms with van der Waals surface area (Å²) in [6, 6.07) is 0. The molecule has 6 heteroatoms. The zero-order chi connectivity index (χ0) is 48.6. The zero-order valence-electron chi connectivity index (χ0n) is 44.7. The van der Waals surface area contributed by atoms with Crippen LogP contribution in [0, 0.1) is 0 Å². The van der Waals surface area contributed by atoms with Crippen LogP contribution in [0.5, 0.6) is 0 Å². The fraction of sp³-hybridized carbons (Fsp3) is 0.820. The molecule has 67 heavy (non-hydrogen) atoms. The maximum Gasteiger partial charge on any atom is 0.306 e. The third-order valence-electron chi connectivity index (χ3n) is 12.8. The normalized spacial score (nSPS) is 12.3. The summed E-state index contributed by atoms with van der Waals surface area (Å²) in [7, 11) is 0. The highest BCUT2D eigenvalue weighted by Gasteiger charge is 2.19. The number of hydrogen-bond acceptors (Lipinski definition) is 6. The summed E-state index contributed by atoms with van der Waals surface area (Å²) in [5.74, 6) is -0.896. The number of ether oxygens (including phenoxy) is 3. The minimum atomic E-state index is -0.785. The minimum absolute atomic E-state index is 0.0823. The maximum absolute atomic E-state index is 12.8. The van der Waals surface area contributed by atoms with Gasteiger partial charge in [0.2, 0.25) is 0 Å². The van der Waals surface area contributed by atoms with Gasteiger partial charge in [0.05, 0.1) is 0 Å². The van der Waals surface area contributed by atoms with E-state index in [0.29, 0.717) is 19.3 Å². The number of allylic oxidation sites excluding steroid dienone is 8. The Bertz CT molecular complexity index is 1170. The van der Waals surface area contributed by atoms with Crippen LogP contribution >= 0.6 is 0 Å². The summed E-state index contributed by atoms with van der Waals surface area (Å²) in [4.78, 5) is 38.2. The molecule has 0 aliphatic heterocycles. The van der Waals surface area contributed by atoms with Gasteiger partial charge in [-0.3, -0.25) is 14.4 Å². The van der Waals surface area contributed by atoms with Gasteiger partial charge in [-0.1, -0.05) is 230 Å². The van der Waals surface area contributed by atoms with Gasteiger partial charge in [0.15, 0.2) is 6.10 Å². The second-order valence-corrected chi connectivity index (χ2v) is 19.5. The monoisotopic (exact) mass is 939 g/mol. The summed E-state index contributed by atoms with van der Waals surface area (Å²) in [6.07, 6.45) is 68.1. The molecule has 0 aromatic rings. The smallest absolute Gasteiger partial charge is 0.306 e. The van der Waals surface area contributed by atoms with Crippen LogP contribution in [0.3, 0.4) is 0 Å². The Labute approximate surface area is 416 Å². The number of hydrogen-bond donors (Lipinski definition) is 0. The lowest BCUT2D eigenvalue weighted by molar-refractivity contribution is -0.167. The van der Waals surface area contributed by atoms with Crippen molar-refractivity contribution in [1.29, 1.82) is 0 Å². The number of carbonyl (C=O) groups excluding carboxylic acids is 3. The Balaban J connectivity index is 4.39. The Hall–Kier alpha value is -2.63. The van der Waals surface area contributed by atoms with Gasteiger partial charge in [-0.05, 0) is 103 Å². The third-order valence-corrected chi connectivity index (χ3v) is 12.8. The molecule has 0 aromatic carbocycles. The highest BCUT2D eigenvalue weighted by Crippen LogP contribution is 2.15. The Kier molecular flexibility index (Phi) is 53.8. The van der Waals surface area contributed by atoms with Crippen LogP contribution in [0.25, 0.3) is 0 Å². The van der Waals surface area contributed by atoms with Crippen molar-refractivity contribution < 1.29 is 28.6 Å². The van der Waals surface area contributed by atoms with Crippen molar-refractivity contribution in [2.75, 3.05) is 13.2 Å². The minimum Gasteiger partial charge on any atom is -0.462 e. The molecule has 0 aromatic heterocycles. The van der Waals surface area contributed by atoms with Gasteiger partial charge in [-0.2, -0.15) is 0 Å². The zero-order valence-corrected chi connectivity index (χ0v) is 44.7. The predicted octanol–water partition coefficient (Wildman–Crippen LogP) is 19.4. The van der Waals surface area contributed by atoms with Crippen LogP contribution in [0.4, 0.5) is 0 Å². The average molecular weight is 940 g/mol. The van der Waals surface area contributed by atoms with Gasteiger partial charge in [-0.15, -0.1) is 0 Å². The summed E-state index contributed by atoms with van der Waals surface area (Å²) >= 11 is 0. The quantitative estimate of drug-likeness (QED) is 0.0262. The first-order valence-electron chi connectivity index (χ1n) is 29.1. The molecule has 0 heterocycles. The van der Waals surface area contributed by atoms with Crippen LogP contribution in [0.1, 0.15) is 303 Å². The van der Waals surface area contributed by atoms with E-state index in [-0.39, 0.29) is 31.1 Å². The van der Waals surface area contributed by atoms with Gasteiger partial charge >= 0.3 is 17.9 Å². The van der Waals surface area contributed by atoms with Gasteiger partial charge in [0.1, 0.15) is 13.2 Å². The molecule has 1 unspecified atom stereocenters. The van der Waals surface area contributed by atoms with E-state index >= 15 is 0 Å². The largest absolute Gasteiger partial charge is 0.462 e. The second-order valence-electron chi connectivity index (χ2n) is 19.5. The fourth-order valence-corrected chi connectivity index (χ4v) is 8.35. The Morgan fingerprint density at radius 1 is 0.299 bits per heavy atom. The third kappa shape index (κ3) is 54.2. The molecule has 0 bridgehead atoms. The number of rotatable bonds is 53. The average Bonchev–Trinajstić information content (AvgIpc) is 3.33. The molecule has 0 saturated carbocycles. The van der Waals surface area contributed by atoms with Crippen molar-refractivity contribution in [3.8, 4) is 0 Å². The van der Waals surface area contributed by atoms with E-state index in [0.717, 1.165) is 89.9 Å². The van der Waals surface area contributed by atoms with Gasteiger partial charge in [0, 0.05) is 19.3 Å². The summed E-state index contributed by atoms with van der Waals surface area (Å²) in [5, 5.41) is 0. The van der Waals surface area contributed by atoms with Gasteiger partial charge in [-0.25, -0.2) is 0 Å². The Morgan fingerprint density at radius 2 is 0.537 bits per heavy atom. The number of esters is 3. The Morgan fingerprint density at radius 3 is 0.851 bits per heavy atom. The number of carbonyl (C=O) groups is 3. The molecule has 6 nitrogen and oxygen atoms in total. The summed E-state index contributed by atoms with van der Waals surface area (Å²) < 4.78 is 16.9. The van der Waals surface area contributed by atoms with Gasteiger partial charge < -0.3 is 14.2 Å². The van der Waals surface area contributed by atoms with Crippen molar-refractivity contribution in [3.05, 3.63) is 48.6 Å². The first-order chi connectivity index (χ1) is 33.0. The topological polar surface area (TPSA) is 78.9 Å². The van der Waals surface area contributed by atoms with Crippen LogP contribution in [0.2, 0.25) is 0 Å². The van der Waals surface area contributed by atoms with E-state index in [1.165, 1.54) is 173 Å². The highest BCUT2D eigenvalue weighted by atomic mass is 16.6. The van der Waals surface area contributed by atoms with E-state index in [2.05, 4.69) is 69.4 Å². The SMILES string of the molecule is CCCCCC/C=C\C/C=C\CCCCCCCC(=O)OC(COC(=O)CCCCCCC/C=C\CCCCCCCC)COC(=O)CCCCCCCCC/C=C\CCCCCCCCC. The fourth-order valence-electron chi connectivity index (χ4n) is 8.35. The van der Waals surface area contributed by atoms with Crippen molar-refractivity contribution in [3.63, 3.8) is 0 Å². The molecule has 0 amide bonds. The molecule has 0 spiro atoms.